The summed E-state index contributed by atoms with van der Waals surface area (Å²) in [6.07, 6.45) is 1.38. The number of carbonyl (C=O) groups excluding carboxylic acids is 1. The number of benzene rings is 3. The molecule has 1 amide bonds. The fourth-order valence-corrected chi connectivity index (χ4v) is 2.83. The van der Waals surface area contributed by atoms with Crippen LogP contribution in [0.3, 0.4) is 0 Å². The fraction of sp³-hybridized carbons (Fsp3) is 0. The summed E-state index contributed by atoms with van der Waals surface area (Å²) in [5.74, 6) is -0.0927. The van der Waals surface area contributed by atoms with Crippen LogP contribution in [0.5, 0.6) is 0 Å². The molecule has 0 aliphatic carbocycles. The predicted molar refractivity (Wildman–Crippen MR) is 115 cm³/mol. The number of non-ortho nitro benzene ring substituents is 1. The number of hydrazone groups is 1. The van der Waals surface area contributed by atoms with Crippen molar-refractivity contribution in [3.05, 3.63) is 106 Å². The maximum absolute atomic E-state index is 12.6. The second kappa shape index (κ2) is 8.78. The van der Waals surface area contributed by atoms with Crippen LogP contribution >= 0.6 is 0 Å². The number of amides is 1. The topological polar surface area (TPSA) is 115 Å². The first-order chi connectivity index (χ1) is 15.1. The Morgan fingerprint density at radius 3 is 2.26 bits per heavy atom. The van der Waals surface area contributed by atoms with Crippen LogP contribution in [-0.4, -0.2) is 31.8 Å². The Kier molecular flexibility index (Phi) is 5.57. The van der Waals surface area contributed by atoms with Crippen LogP contribution in [0.4, 0.5) is 5.69 Å². The van der Waals surface area contributed by atoms with Gasteiger partial charge in [0, 0.05) is 17.7 Å². The van der Waals surface area contributed by atoms with Crippen molar-refractivity contribution < 1.29 is 9.72 Å². The maximum atomic E-state index is 12.6. The van der Waals surface area contributed by atoms with Gasteiger partial charge < -0.3 is 0 Å². The minimum Gasteiger partial charge on any atom is -0.264 e. The molecule has 1 heterocycles. The molecule has 0 unspecified atom stereocenters. The van der Waals surface area contributed by atoms with Gasteiger partial charge in [0.25, 0.3) is 5.69 Å². The Labute approximate surface area is 176 Å². The van der Waals surface area contributed by atoms with Gasteiger partial charge in [-0.15, -0.1) is 5.10 Å². The molecule has 0 saturated carbocycles. The van der Waals surface area contributed by atoms with Crippen molar-refractivity contribution in [3.8, 4) is 17.1 Å². The fourth-order valence-electron chi connectivity index (χ4n) is 2.83. The van der Waals surface area contributed by atoms with Crippen molar-refractivity contribution in [2.24, 2.45) is 5.10 Å². The summed E-state index contributed by atoms with van der Waals surface area (Å²) in [7, 11) is 0. The smallest absolute Gasteiger partial charge is 0.264 e. The minimum atomic E-state index is -0.579. The average Bonchev–Trinajstić information content (AvgIpc) is 3.26. The number of carbonyl (C=O) groups is 1. The molecule has 3 aromatic carbocycles. The molecule has 4 rings (SSSR count). The molecule has 1 aromatic heterocycles. The molecule has 0 saturated heterocycles. The second-order valence-electron chi connectivity index (χ2n) is 6.42. The number of nitrogens with zero attached hydrogens (tertiary/aromatic N) is 5. The van der Waals surface area contributed by atoms with Crippen molar-refractivity contribution in [1.29, 1.82) is 0 Å². The highest BCUT2D eigenvalue weighted by atomic mass is 16.6. The van der Waals surface area contributed by atoms with Crippen LogP contribution < -0.4 is 5.43 Å². The molecule has 0 aliphatic rings. The molecule has 0 aliphatic heterocycles. The van der Waals surface area contributed by atoms with Gasteiger partial charge in [-0.25, -0.2) is 15.1 Å². The Balaban J connectivity index is 1.57. The maximum Gasteiger partial charge on any atom is 0.311 e. The molecule has 0 radical (unpaired) electrons. The second-order valence-corrected chi connectivity index (χ2v) is 6.42. The molecular weight excluding hydrogens is 396 g/mol. The molecule has 31 heavy (non-hydrogen) atoms. The Morgan fingerprint density at radius 1 is 0.968 bits per heavy atom. The number of nitrogens with one attached hydrogen (secondary N) is 1. The lowest BCUT2D eigenvalue weighted by atomic mass is 10.2. The first kappa shape index (κ1) is 19.6. The van der Waals surface area contributed by atoms with E-state index in [1.54, 1.807) is 4.68 Å². The summed E-state index contributed by atoms with van der Waals surface area (Å²) in [6.45, 7) is 0. The quantitative estimate of drug-likeness (QED) is 0.295. The predicted octanol–water partition coefficient (Wildman–Crippen LogP) is 3.61. The summed E-state index contributed by atoms with van der Waals surface area (Å²) < 4.78 is 1.60. The molecule has 4 aromatic rings. The Hall–Kier alpha value is -4.66. The lowest BCUT2D eigenvalue weighted by Gasteiger charge is -2.05. The average molecular weight is 412 g/mol. The largest absolute Gasteiger partial charge is 0.311 e. The molecule has 0 fully saturated rings. The van der Waals surface area contributed by atoms with E-state index in [4.69, 9.17) is 0 Å². The lowest BCUT2D eigenvalue weighted by molar-refractivity contribution is -0.384. The zero-order chi connectivity index (χ0) is 21.6. The molecule has 0 atom stereocenters. The number of hydrogen-bond donors (Lipinski definition) is 1. The van der Waals surface area contributed by atoms with Crippen LogP contribution in [0.15, 0.2) is 90.0 Å². The third-order valence-electron chi connectivity index (χ3n) is 4.33. The van der Waals surface area contributed by atoms with Crippen molar-refractivity contribution >= 4 is 17.8 Å². The number of para-hydroxylation sites is 1. The summed E-state index contributed by atoms with van der Waals surface area (Å²) in [5, 5.41) is 19.0. The van der Waals surface area contributed by atoms with Crippen molar-refractivity contribution in [3.63, 3.8) is 0 Å². The van der Waals surface area contributed by atoms with Crippen molar-refractivity contribution in [1.82, 2.24) is 20.2 Å². The zero-order valence-corrected chi connectivity index (χ0v) is 16.1. The normalized spacial score (nSPS) is 10.8. The SMILES string of the molecule is O=C(N/N=C\c1ccc([N+](=O)[O-])cc1)c1nc(-c2ccccc2)n(-c2ccccc2)n1. The molecule has 0 spiro atoms. The molecule has 0 bridgehead atoms. The first-order valence-electron chi connectivity index (χ1n) is 9.27. The van der Waals surface area contributed by atoms with Crippen LogP contribution in [0.1, 0.15) is 16.2 Å². The minimum absolute atomic E-state index is 0.0229. The number of nitro benzene ring substituents is 1. The van der Waals surface area contributed by atoms with Gasteiger partial charge in [0.1, 0.15) is 0 Å². The number of rotatable bonds is 6. The Morgan fingerprint density at radius 2 is 1.61 bits per heavy atom. The van der Waals surface area contributed by atoms with E-state index < -0.39 is 10.8 Å². The number of nitro groups is 1. The molecule has 1 N–H and O–H groups in total. The van der Waals surface area contributed by atoms with Gasteiger partial charge in [-0.2, -0.15) is 5.10 Å². The molecular formula is C22H16N6O3. The summed E-state index contributed by atoms with van der Waals surface area (Å²) in [5.41, 5.74) is 4.54. The van der Waals surface area contributed by atoms with Gasteiger partial charge in [0.15, 0.2) is 5.82 Å². The van der Waals surface area contributed by atoms with Crippen LogP contribution in [0, 0.1) is 10.1 Å². The van der Waals surface area contributed by atoms with Gasteiger partial charge in [0.05, 0.1) is 16.8 Å². The standard InChI is InChI=1S/C22H16N6O3/c29-22(25-23-15-16-11-13-19(14-12-16)28(30)31)20-24-21(17-7-3-1-4-8-17)27(26-20)18-9-5-2-6-10-18/h1-15H,(H,25,29)/b23-15-. The third-order valence-corrected chi connectivity index (χ3v) is 4.33. The zero-order valence-electron chi connectivity index (χ0n) is 16.1. The third kappa shape index (κ3) is 4.51. The highest BCUT2D eigenvalue weighted by molar-refractivity contribution is 5.92. The summed E-state index contributed by atoms with van der Waals surface area (Å²) in [6, 6.07) is 24.6. The highest BCUT2D eigenvalue weighted by Gasteiger charge is 2.18. The highest BCUT2D eigenvalue weighted by Crippen LogP contribution is 2.21. The van der Waals surface area contributed by atoms with Gasteiger partial charge in [-0.05, 0) is 29.8 Å². The summed E-state index contributed by atoms with van der Waals surface area (Å²) >= 11 is 0. The van der Waals surface area contributed by atoms with E-state index in [1.165, 1.54) is 30.5 Å². The van der Waals surface area contributed by atoms with Gasteiger partial charge in [-0.1, -0.05) is 48.5 Å². The molecule has 152 valence electrons. The number of hydrogen-bond acceptors (Lipinski definition) is 6. The van der Waals surface area contributed by atoms with E-state index >= 15 is 0 Å². The van der Waals surface area contributed by atoms with E-state index in [-0.39, 0.29) is 11.5 Å². The lowest BCUT2D eigenvalue weighted by Crippen LogP contribution is -2.19. The van der Waals surface area contributed by atoms with Gasteiger partial charge in [0.2, 0.25) is 5.82 Å². The monoisotopic (exact) mass is 412 g/mol. The van der Waals surface area contributed by atoms with Gasteiger partial charge >= 0.3 is 5.91 Å². The first-order valence-corrected chi connectivity index (χ1v) is 9.27. The van der Waals surface area contributed by atoms with E-state index in [0.29, 0.717) is 11.4 Å². The summed E-state index contributed by atoms with van der Waals surface area (Å²) in [4.78, 5) is 27.2. The van der Waals surface area contributed by atoms with Crippen LogP contribution in [0.25, 0.3) is 17.1 Å². The van der Waals surface area contributed by atoms with Crippen molar-refractivity contribution in [2.75, 3.05) is 0 Å². The number of aromatic nitrogens is 3. The van der Waals surface area contributed by atoms with E-state index in [0.717, 1.165) is 11.3 Å². The van der Waals surface area contributed by atoms with Crippen LogP contribution in [0.2, 0.25) is 0 Å². The Bertz CT molecular complexity index is 1180. The molecule has 9 nitrogen and oxygen atoms in total. The molecule has 9 heteroatoms. The van der Waals surface area contributed by atoms with E-state index in [2.05, 4.69) is 20.6 Å². The van der Waals surface area contributed by atoms with Gasteiger partial charge in [-0.3, -0.25) is 14.9 Å². The van der Waals surface area contributed by atoms with Crippen LogP contribution in [-0.2, 0) is 0 Å². The van der Waals surface area contributed by atoms with E-state index in [1.807, 2.05) is 60.7 Å². The van der Waals surface area contributed by atoms with E-state index in [9.17, 15) is 14.9 Å². The van der Waals surface area contributed by atoms with Crippen molar-refractivity contribution in [2.45, 2.75) is 0 Å².